The fourth-order valence-corrected chi connectivity index (χ4v) is 3.11. The number of anilines is 1. The lowest BCUT2D eigenvalue weighted by atomic mass is 10.2. The molecule has 116 valence electrons. The second kappa shape index (κ2) is 6.89. The smallest absolute Gasteiger partial charge is 0.203 e. The number of phenolic OH excluding ortho intramolecular Hbond substituents is 1. The fourth-order valence-electron chi connectivity index (χ4n) is 1.92. The Balaban J connectivity index is 1.73. The van der Waals surface area contributed by atoms with E-state index in [1.54, 1.807) is 0 Å². The summed E-state index contributed by atoms with van der Waals surface area (Å²) >= 11 is 4.61. The number of nitrogens with zero attached hydrogens (tertiary/aromatic N) is 2. The summed E-state index contributed by atoms with van der Waals surface area (Å²) in [5, 5.41) is 16.3. The summed E-state index contributed by atoms with van der Waals surface area (Å²) in [6.45, 7) is 0. The maximum Gasteiger partial charge on any atom is 0.203 e. The van der Waals surface area contributed by atoms with Crippen LogP contribution in [0, 0.1) is 5.82 Å². The van der Waals surface area contributed by atoms with Gasteiger partial charge in [-0.3, -0.25) is 5.43 Å². The molecule has 1 heterocycles. The molecule has 0 aliphatic carbocycles. The van der Waals surface area contributed by atoms with E-state index in [1.807, 2.05) is 35.7 Å². The second-order valence-electron chi connectivity index (χ2n) is 4.59. The lowest BCUT2D eigenvalue weighted by Gasteiger charge is -2.02. The molecule has 0 radical (unpaired) electrons. The lowest BCUT2D eigenvalue weighted by Crippen LogP contribution is -1.92. The van der Waals surface area contributed by atoms with E-state index in [0.717, 1.165) is 17.3 Å². The first kappa shape index (κ1) is 15.6. The van der Waals surface area contributed by atoms with Crippen LogP contribution in [0.3, 0.4) is 0 Å². The van der Waals surface area contributed by atoms with Gasteiger partial charge in [0.1, 0.15) is 11.6 Å². The molecule has 1 aromatic heterocycles. The number of benzene rings is 2. The molecule has 0 aliphatic heterocycles. The molecule has 0 amide bonds. The molecule has 0 atom stereocenters. The Morgan fingerprint density at radius 3 is 2.78 bits per heavy atom. The SMILES string of the molecule is Oc1cc(F)cc(Br)c1C=NNc1nc(-c2ccccc2)cs1. The van der Waals surface area contributed by atoms with Crippen molar-refractivity contribution in [3.63, 3.8) is 0 Å². The summed E-state index contributed by atoms with van der Waals surface area (Å²) in [4.78, 5) is 4.43. The quantitative estimate of drug-likeness (QED) is 0.492. The van der Waals surface area contributed by atoms with Gasteiger partial charge in [-0.15, -0.1) is 11.3 Å². The molecule has 4 nitrogen and oxygen atoms in total. The summed E-state index contributed by atoms with van der Waals surface area (Å²) in [7, 11) is 0. The Labute approximate surface area is 144 Å². The Morgan fingerprint density at radius 1 is 1.26 bits per heavy atom. The highest BCUT2D eigenvalue weighted by molar-refractivity contribution is 9.10. The molecule has 3 aromatic rings. The van der Waals surface area contributed by atoms with Crippen LogP contribution in [-0.2, 0) is 0 Å². The van der Waals surface area contributed by atoms with Crippen molar-refractivity contribution in [3.8, 4) is 17.0 Å². The second-order valence-corrected chi connectivity index (χ2v) is 6.31. The van der Waals surface area contributed by atoms with Crippen LogP contribution in [0.5, 0.6) is 5.75 Å². The topological polar surface area (TPSA) is 57.5 Å². The first-order chi connectivity index (χ1) is 11.1. The highest BCUT2D eigenvalue weighted by Gasteiger charge is 2.07. The number of aromatic hydroxyl groups is 1. The lowest BCUT2D eigenvalue weighted by molar-refractivity contribution is 0.467. The van der Waals surface area contributed by atoms with Crippen molar-refractivity contribution in [2.75, 3.05) is 5.43 Å². The molecular formula is C16H11BrFN3OS. The zero-order valence-electron chi connectivity index (χ0n) is 11.7. The minimum absolute atomic E-state index is 0.188. The minimum atomic E-state index is -0.521. The zero-order chi connectivity index (χ0) is 16.2. The summed E-state index contributed by atoms with van der Waals surface area (Å²) in [5.74, 6) is -0.710. The predicted octanol–water partition coefficient (Wildman–Crippen LogP) is 4.86. The summed E-state index contributed by atoms with van der Waals surface area (Å²) in [5.41, 5.74) is 5.08. The number of hydrazone groups is 1. The normalized spacial score (nSPS) is 11.0. The summed E-state index contributed by atoms with van der Waals surface area (Å²) in [6.07, 6.45) is 1.41. The van der Waals surface area contributed by atoms with Crippen molar-refractivity contribution in [1.82, 2.24) is 4.98 Å². The van der Waals surface area contributed by atoms with Crippen molar-refractivity contribution < 1.29 is 9.50 Å². The summed E-state index contributed by atoms with van der Waals surface area (Å²) < 4.78 is 13.5. The van der Waals surface area contributed by atoms with Gasteiger partial charge in [0, 0.05) is 21.5 Å². The van der Waals surface area contributed by atoms with Gasteiger partial charge in [0.15, 0.2) is 0 Å². The molecule has 23 heavy (non-hydrogen) atoms. The van der Waals surface area contributed by atoms with Crippen molar-refractivity contribution in [3.05, 3.63) is 63.7 Å². The van der Waals surface area contributed by atoms with Gasteiger partial charge in [0.2, 0.25) is 5.13 Å². The van der Waals surface area contributed by atoms with Crippen LogP contribution in [0.4, 0.5) is 9.52 Å². The largest absolute Gasteiger partial charge is 0.507 e. The molecule has 0 fully saturated rings. The van der Waals surface area contributed by atoms with E-state index in [1.165, 1.54) is 23.6 Å². The van der Waals surface area contributed by atoms with Gasteiger partial charge in [-0.1, -0.05) is 30.3 Å². The number of aromatic nitrogens is 1. The minimum Gasteiger partial charge on any atom is -0.507 e. The van der Waals surface area contributed by atoms with Crippen LogP contribution in [0.15, 0.2) is 57.4 Å². The average molecular weight is 392 g/mol. The van der Waals surface area contributed by atoms with Gasteiger partial charge in [-0.2, -0.15) is 5.10 Å². The van der Waals surface area contributed by atoms with E-state index in [0.29, 0.717) is 15.2 Å². The Morgan fingerprint density at radius 2 is 2.04 bits per heavy atom. The third kappa shape index (κ3) is 3.75. The number of rotatable bonds is 4. The Hall–Kier alpha value is -2.25. The highest BCUT2D eigenvalue weighted by Crippen LogP contribution is 2.27. The number of phenols is 1. The third-order valence-corrected chi connectivity index (χ3v) is 4.40. The molecule has 0 aliphatic rings. The van der Waals surface area contributed by atoms with Gasteiger partial charge < -0.3 is 5.11 Å². The summed E-state index contributed by atoms with van der Waals surface area (Å²) in [6, 6.07) is 12.1. The van der Waals surface area contributed by atoms with E-state index in [9.17, 15) is 9.50 Å². The number of nitrogens with one attached hydrogen (secondary N) is 1. The number of halogens is 2. The van der Waals surface area contributed by atoms with Crippen molar-refractivity contribution in [1.29, 1.82) is 0 Å². The molecule has 0 saturated heterocycles. The first-order valence-electron chi connectivity index (χ1n) is 6.61. The van der Waals surface area contributed by atoms with Crippen LogP contribution in [0.25, 0.3) is 11.3 Å². The molecule has 0 saturated carbocycles. The number of hydrogen-bond donors (Lipinski definition) is 2. The fraction of sp³-hybridized carbons (Fsp3) is 0. The third-order valence-electron chi connectivity index (χ3n) is 3.00. The van der Waals surface area contributed by atoms with Crippen LogP contribution < -0.4 is 5.43 Å². The first-order valence-corrected chi connectivity index (χ1v) is 8.29. The average Bonchev–Trinajstić information content (AvgIpc) is 2.99. The van der Waals surface area contributed by atoms with Gasteiger partial charge in [-0.05, 0) is 22.0 Å². The highest BCUT2D eigenvalue weighted by atomic mass is 79.9. The van der Waals surface area contributed by atoms with Crippen LogP contribution in [-0.4, -0.2) is 16.3 Å². The van der Waals surface area contributed by atoms with Crippen molar-refractivity contribution in [2.45, 2.75) is 0 Å². The van der Waals surface area contributed by atoms with Gasteiger partial charge in [0.05, 0.1) is 17.5 Å². The van der Waals surface area contributed by atoms with E-state index >= 15 is 0 Å². The zero-order valence-corrected chi connectivity index (χ0v) is 14.1. The van der Waals surface area contributed by atoms with Gasteiger partial charge in [0.25, 0.3) is 0 Å². The monoisotopic (exact) mass is 391 g/mol. The van der Waals surface area contributed by atoms with E-state index in [-0.39, 0.29) is 5.75 Å². The molecule has 2 aromatic carbocycles. The molecule has 2 N–H and O–H groups in total. The predicted molar refractivity (Wildman–Crippen MR) is 94.5 cm³/mol. The standard InChI is InChI=1S/C16H11BrFN3OS/c17-13-6-11(18)7-15(22)12(13)8-19-21-16-20-14(9-23-16)10-4-2-1-3-5-10/h1-9,22H,(H,20,21). The van der Waals surface area contributed by atoms with Crippen molar-refractivity contribution in [2.24, 2.45) is 5.10 Å². The van der Waals surface area contributed by atoms with E-state index in [4.69, 9.17) is 0 Å². The molecule has 0 unspecified atom stereocenters. The maximum atomic E-state index is 13.1. The van der Waals surface area contributed by atoms with E-state index < -0.39 is 5.82 Å². The van der Waals surface area contributed by atoms with Crippen LogP contribution in [0.2, 0.25) is 0 Å². The van der Waals surface area contributed by atoms with Crippen LogP contribution >= 0.6 is 27.3 Å². The van der Waals surface area contributed by atoms with Gasteiger partial charge in [-0.25, -0.2) is 9.37 Å². The molecule has 3 rings (SSSR count). The van der Waals surface area contributed by atoms with E-state index in [2.05, 4.69) is 31.4 Å². The maximum absolute atomic E-state index is 13.1. The number of hydrogen-bond acceptors (Lipinski definition) is 5. The molecule has 0 bridgehead atoms. The molecule has 7 heteroatoms. The Kier molecular flexibility index (Phi) is 4.68. The van der Waals surface area contributed by atoms with Crippen LogP contribution in [0.1, 0.15) is 5.56 Å². The van der Waals surface area contributed by atoms with Crippen molar-refractivity contribution >= 4 is 38.6 Å². The number of thiazole rings is 1. The molecular weight excluding hydrogens is 381 g/mol. The molecule has 0 spiro atoms. The van der Waals surface area contributed by atoms with Gasteiger partial charge >= 0.3 is 0 Å². The Bertz CT molecular complexity index is 829.